The van der Waals surface area contributed by atoms with Crippen LogP contribution in [-0.4, -0.2) is 23.3 Å². The van der Waals surface area contributed by atoms with Crippen LogP contribution in [0.1, 0.15) is 31.7 Å². The smallest absolute Gasteiger partial charge is 0.146 e. The maximum Gasteiger partial charge on any atom is 0.146 e. The summed E-state index contributed by atoms with van der Waals surface area (Å²) in [7, 11) is 0. The molecule has 1 saturated heterocycles. The first kappa shape index (κ1) is 12.8. The van der Waals surface area contributed by atoms with Crippen molar-refractivity contribution in [2.45, 2.75) is 38.8 Å². The minimum Gasteiger partial charge on any atom is -0.298 e. The number of Topliss-reactive ketones (excluding diaryl/α,β-unsaturated/α-hetero) is 1. The lowest BCUT2D eigenvalue weighted by Crippen LogP contribution is -2.43. The van der Waals surface area contributed by atoms with Crippen LogP contribution in [0.25, 0.3) is 0 Å². The fourth-order valence-corrected chi connectivity index (χ4v) is 2.73. The Bertz CT molecular complexity index is 388. The fraction of sp³-hybridized carbons (Fsp3) is 0.500. The summed E-state index contributed by atoms with van der Waals surface area (Å²) in [6.45, 7) is 3.64. The van der Waals surface area contributed by atoms with Crippen molar-refractivity contribution >= 4 is 21.7 Å². The predicted molar refractivity (Wildman–Crippen MR) is 72.9 cm³/mol. The van der Waals surface area contributed by atoms with Gasteiger partial charge in [-0.3, -0.25) is 9.69 Å². The number of benzene rings is 1. The van der Waals surface area contributed by atoms with Gasteiger partial charge in [0.15, 0.2) is 0 Å². The third-order valence-corrected chi connectivity index (χ3v) is 3.91. The summed E-state index contributed by atoms with van der Waals surface area (Å²) in [5, 5.41) is 0. The molecule has 0 aromatic heterocycles. The van der Waals surface area contributed by atoms with Gasteiger partial charge in [0.1, 0.15) is 5.78 Å². The lowest BCUT2D eigenvalue weighted by Gasteiger charge is -2.34. The van der Waals surface area contributed by atoms with Gasteiger partial charge in [-0.1, -0.05) is 34.5 Å². The minimum atomic E-state index is 0.132. The van der Waals surface area contributed by atoms with Crippen molar-refractivity contribution in [3.05, 3.63) is 34.3 Å². The Morgan fingerprint density at radius 1 is 1.35 bits per heavy atom. The van der Waals surface area contributed by atoms with Gasteiger partial charge >= 0.3 is 0 Å². The first-order chi connectivity index (χ1) is 8.16. The second-order valence-electron chi connectivity index (χ2n) is 4.72. The average molecular weight is 296 g/mol. The molecule has 1 aromatic carbocycles. The Labute approximate surface area is 111 Å². The molecule has 92 valence electrons. The van der Waals surface area contributed by atoms with Gasteiger partial charge in [0.2, 0.25) is 0 Å². The van der Waals surface area contributed by atoms with Gasteiger partial charge in [-0.25, -0.2) is 0 Å². The van der Waals surface area contributed by atoms with Crippen molar-refractivity contribution in [2.24, 2.45) is 0 Å². The van der Waals surface area contributed by atoms with Crippen LogP contribution in [0.3, 0.4) is 0 Å². The first-order valence-corrected chi connectivity index (χ1v) is 6.95. The summed E-state index contributed by atoms with van der Waals surface area (Å²) in [5.74, 6) is 0.307. The van der Waals surface area contributed by atoms with Crippen LogP contribution in [-0.2, 0) is 11.3 Å². The summed E-state index contributed by atoms with van der Waals surface area (Å²) < 4.78 is 1.10. The normalized spacial score (nSPS) is 21.4. The highest BCUT2D eigenvalue weighted by Crippen LogP contribution is 2.21. The molecular weight excluding hydrogens is 278 g/mol. The molecule has 1 aliphatic heterocycles. The molecule has 0 radical (unpaired) electrons. The molecule has 1 fully saturated rings. The molecule has 2 nitrogen and oxygen atoms in total. The minimum absolute atomic E-state index is 0.132. The van der Waals surface area contributed by atoms with E-state index in [9.17, 15) is 4.79 Å². The molecule has 0 saturated carbocycles. The topological polar surface area (TPSA) is 20.3 Å². The number of rotatable bonds is 3. The van der Waals surface area contributed by atoms with Crippen molar-refractivity contribution in [1.29, 1.82) is 0 Å². The highest BCUT2D eigenvalue weighted by Gasteiger charge is 2.25. The lowest BCUT2D eigenvalue weighted by atomic mass is 9.98. The zero-order valence-electron chi connectivity index (χ0n) is 10.2. The van der Waals surface area contributed by atoms with Crippen molar-refractivity contribution in [3.8, 4) is 0 Å². The standard InChI is InChI=1S/C14H18BrNO/c1-11(17)14-4-2-3-9-16(14)10-12-5-7-13(15)8-6-12/h5-8,14H,2-4,9-10H2,1H3. The number of carbonyl (C=O) groups is 1. The largest absolute Gasteiger partial charge is 0.298 e. The SMILES string of the molecule is CC(=O)C1CCCCN1Cc1ccc(Br)cc1. The van der Waals surface area contributed by atoms with E-state index in [1.165, 1.54) is 18.4 Å². The molecule has 1 unspecified atom stereocenters. The monoisotopic (exact) mass is 295 g/mol. The zero-order chi connectivity index (χ0) is 12.3. The quantitative estimate of drug-likeness (QED) is 0.852. The van der Waals surface area contributed by atoms with E-state index in [0.29, 0.717) is 5.78 Å². The Kier molecular flexibility index (Phi) is 4.35. The van der Waals surface area contributed by atoms with Gasteiger partial charge in [-0.15, -0.1) is 0 Å². The van der Waals surface area contributed by atoms with Gasteiger partial charge in [0.05, 0.1) is 6.04 Å². The highest BCUT2D eigenvalue weighted by molar-refractivity contribution is 9.10. The Hall–Kier alpha value is -0.670. The van der Waals surface area contributed by atoms with Gasteiger partial charge < -0.3 is 0 Å². The van der Waals surface area contributed by atoms with E-state index in [4.69, 9.17) is 0 Å². The second-order valence-corrected chi connectivity index (χ2v) is 5.63. The van der Waals surface area contributed by atoms with Gasteiger partial charge in [0.25, 0.3) is 0 Å². The number of ketones is 1. The number of hydrogen-bond donors (Lipinski definition) is 0. The van der Waals surface area contributed by atoms with Crippen LogP contribution in [0.15, 0.2) is 28.7 Å². The van der Waals surface area contributed by atoms with Crippen molar-refractivity contribution < 1.29 is 4.79 Å². The maximum atomic E-state index is 11.6. The number of nitrogens with zero attached hydrogens (tertiary/aromatic N) is 1. The van der Waals surface area contributed by atoms with Gasteiger partial charge in [0, 0.05) is 11.0 Å². The molecule has 0 aliphatic carbocycles. The average Bonchev–Trinajstić information content (AvgIpc) is 2.32. The highest BCUT2D eigenvalue weighted by atomic mass is 79.9. The van der Waals surface area contributed by atoms with Crippen LogP contribution < -0.4 is 0 Å². The number of carbonyl (C=O) groups excluding carboxylic acids is 1. The number of likely N-dealkylation sites (tertiary alicyclic amines) is 1. The summed E-state index contributed by atoms with van der Waals surface area (Å²) in [5.41, 5.74) is 1.28. The van der Waals surface area contributed by atoms with E-state index < -0.39 is 0 Å². The molecule has 0 bridgehead atoms. The van der Waals surface area contributed by atoms with Gasteiger partial charge in [-0.2, -0.15) is 0 Å². The van der Waals surface area contributed by atoms with Crippen molar-refractivity contribution in [3.63, 3.8) is 0 Å². The second kappa shape index (κ2) is 5.78. The molecule has 1 aliphatic rings. The molecule has 1 atom stereocenters. The third-order valence-electron chi connectivity index (χ3n) is 3.38. The Morgan fingerprint density at radius 3 is 2.71 bits per heavy atom. The zero-order valence-corrected chi connectivity index (χ0v) is 11.7. The Morgan fingerprint density at radius 2 is 2.06 bits per heavy atom. The summed E-state index contributed by atoms with van der Waals surface area (Å²) in [4.78, 5) is 13.9. The van der Waals surface area contributed by atoms with E-state index in [0.717, 1.165) is 24.0 Å². The maximum absolute atomic E-state index is 11.6. The first-order valence-electron chi connectivity index (χ1n) is 6.16. The molecular formula is C14H18BrNO. The number of hydrogen-bond acceptors (Lipinski definition) is 2. The van der Waals surface area contributed by atoms with Gasteiger partial charge in [-0.05, 0) is 44.0 Å². The van der Waals surface area contributed by atoms with Crippen LogP contribution >= 0.6 is 15.9 Å². The molecule has 3 heteroatoms. The van der Waals surface area contributed by atoms with E-state index >= 15 is 0 Å². The summed E-state index contributed by atoms with van der Waals surface area (Å²) >= 11 is 3.44. The van der Waals surface area contributed by atoms with Crippen LogP contribution in [0.2, 0.25) is 0 Å². The summed E-state index contributed by atoms with van der Waals surface area (Å²) in [6, 6.07) is 8.49. The third kappa shape index (κ3) is 3.39. The number of halogens is 1. The van der Waals surface area contributed by atoms with E-state index in [-0.39, 0.29) is 6.04 Å². The summed E-state index contributed by atoms with van der Waals surface area (Å²) in [6.07, 6.45) is 3.41. The molecule has 0 amide bonds. The fourth-order valence-electron chi connectivity index (χ4n) is 2.46. The van der Waals surface area contributed by atoms with Crippen LogP contribution in [0.4, 0.5) is 0 Å². The van der Waals surface area contributed by atoms with E-state index in [1.54, 1.807) is 6.92 Å². The van der Waals surface area contributed by atoms with Crippen LogP contribution in [0, 0.1) is 0 Å². The van der Waals surface area contributed by atoms with Crippen molar-refractivity contribution in [1.82, 2.24) is 4.90 Å². The van der Waals surface area contributed by atoms with Crippen molar-refractivity contribution in [2.75, 3.05) is 6.54 Å². The molecule has 0 spiro atoms. The molecule has 0 N–H and O–H groups in total. The molecule has 2 rings (SSSR count). The van der Waals surface area contributed by atoms with E-state index in [2.05, 4.69) is 45.1 Å². The lowest BCUT2D eigenvalue weighted by molar-refractivity contribution is -0.123. The van der Waals surface area contributed by atoms with E-state index in [1.807, 2.05) is 0 Å². The Balaban J connectivity index is 2.05. The molecule has 1 aromatic rings. The molecule has 17 heavy (non-hydrogen) atoms. The number of piperidine rings is 1. The predicted octanol–water partition coefficient (Wildman–Crippen LogP) is 3.39. The van der Waals surface area contributed by atoms with Crippen LogP contribution in [0.5, 0.6) is 0 Å². The molecule has 1 heterocycles.